The van der Waals surface area contributed by atoms with Crippen LogP contribution < -0.4 is 5.32 Å². The molecule has 3 nitrogen and oxygen atoms in total. The van der Waals surface area contributed by atoms with Gasteiger partial charge in [0.1, 0.15) is 6.17 Å². The van der Waals surface area contributed by atoms with Crippen molar-refractivity contribution in [1.29, 1.82) is 0 Å². The lowest BCUT2D eigenvalue weighted by atomic mass is 10.2. The maximum atomic E-state index is 10.5. The smallest absolute Gasteiger partial charge is 0.130 e. The van der Waals surface area contributed by atoms with Crippen LogP contribution in [0.3, 0.4) is 0 Å². The van der Waals surface area contributed by atoms with E-state index in [1.54, 1.807) is 0 Å². The van der Waals surface area contributed by atoms with Crippen molar-refractivity contribution in [3.63, 3.8) is 0 Å². The second kappa shape index (κ2) is 6.26. The Morgan fingerprint density at radius 3 is 1.84 bits per heavy atom. The van der Waals surface area contributed by atoms with Gasteiger partial charge >= 0.3 is 0 Å². The standard InChI is InChI=1S/C22H22N2O/c1-15-11-13-17(14-12-15)23-22(16(2)25)24-20-9-5-3-7-18(20)19-8-4-6-10-21(19)24/h3-14,16,22-23,25H,1-2H3. The Bertz CT molecular complexity index is 962. The van der Waals surface area contributed by atoms with Gasteiger partial charge in [-0.2, -0.15) is 0 Å². The summed E-state index contributed by atoms with van der Waals surface area (Å²) < 4.78 is 2.20. The van der Waals surface area contributed by atoms with Gasteiger partial charge in [0.05, 0.1) is 17.1 Å². The zero-order chi connectivity index (χ0) is 17.4. The van der Waals surface area contributed by atoms with E-state index in [4.69, 9.17) is 0 Å². The van der Waals surface area contributed by atoms with Crippen molar-refractivity contribution < 1.29 is 5.11 Å². The maximum absolute atomic E-state index is 10.5. The molecule has 0 radical (unpaired) electrons. The van der Waals surface area contributed by atoms with E-state index in [2.05, 4.69) is 77.5 Å². The Kier molecular flexibility index (Phi) is 3.94. The molecule has 25 heavy (non-hydrogen) atoms. The second-order valence-electron chi connectivity index (χ2n) is 6.60. The van der Waals surface area contributed by atoms with Crippen LogP contribution in [0.5, 0.6) is 0 Å². The summed E-state index contributed by atoms with van der Waals surface area (Å²) in [7, 11) is 0. The van der Waals surface area contributed by atoms with Crippen molar-refractivity contribution in [1.82, 2.24) is 4.57 Å². The van der Waals surface area contributed by atoms with Gasteiger partial charge < -0.3 is 15.0 Å². The Labute approximate surface area is 147 Å². The molecule has 0 fully saturated rings. The first-order chi connectivity index (χ1) is 12.1. The van der Waals surface area contributed by atoms with Gasteiger partial charge in [-0.05, 0) is 38.1 Å². The maximum Gasteiger partial charge on any atom is 0.130 e. The molecule has 0 aliphatic carbocycles. The highest BCUT2D eigenvalue weighted by Crippen LogP contribution is 2.33. The molecule has 0 amide bonds. The number of hydrogen-bond acceptors (Lipinski definition) is 2. The first kappa shape index (κ1) is 15.7. The molecule has 126 valence electrons. The number of anilines is 1. The first-order valence-corrected chi connectivity index (χ1v) is 8.64. The largest absolute Gasteiger partial charge is 0.389 e. The molecule has 2 atom stereocenters. The molecule has 4 rings (SSSR count). The van der Waals surface area contributed by atoms with E-state index in [1.807, 2.05) is 19.1 Å². The first-order valence-electron chi connectivity index (χ1n) is 8.64. The molecular formula is C22H22N2O. The molecule has 4 aromatic rings. The highest BCUT2D eigenvalue weighted by molar-refractivity contribution is 6.08. The van der Waals surface area contributed by atoms with Gasteiger partial charge in [0.15, 0.2) is 0 Å². The molecule has 3 heteroatoms. The molecule has 1 heterocycles. The number of para-hydroxylation sites is 2. The number of hydrogen-bond donors (Lipinski definition) is 2. The van der Waals surface area contributed by atoms with Crippen molar-refractivity contribution in [2.75, 3.05) is 5.32 Å². The molecular weight excluding hydrogens is 308 g/mol. The molecule has 0 aliphatic heterocycles. The lowest BCUT2D eigenvalue weighted by molar-refractivity contribution is 0.147. The fraction of sp³-hybridized carbons (Fsp3) is 0.182. The normalized spacial score (nSPS) is 13.9. The Balaban J connectivity index is 1.90. The lowest BCUT2D eigenvalue weighted by Crippen LogP contribution is -2.28. The topological polar surface area (TPSA) is 37.2 Å². The number of aliphatic hydroxyl groups excluding tert-OH is 1. The summed E-state index contributed by atoms with van der Waals surface area (Å²) in [6.07, 6.45) is -0.812. The third-order valence-electron chi connectivity index (χ3n) is 4.72. The van der Waals surface area contributed by atoms with E-state index in [0.717, 1.165) is 16.7 Å². The molecule has 3 aromatic carbocycles. The highest BCUT2D eigenvalue weighted by atomic mass is 16.3. The fourth-order valence-electron chi connectivity index (χ4n) is 3.47. The van der Waals surface area contributed by atoms with E-state index < -0.39 is 6.10 Å². The van der Waals surface area contributed by atoms with E-state index in [1.165, 1.54) is 16.3 Å². The molecule has 0 bridgehead atoms. The summed E-state index contributed by atoms with van der Waals surface area (Å²) in [6, 6.07) is 25.0. The van der Waals surface area contributed by atoms with Gasteiger partial charge in [-0.15, -0.1) is 0 Å². The number of fused-ring (bicyclic) bond motifs is 3. The molecule has 0 saturated carbocycles. The SMILES string of the molecule is Cc1ccc(NC(C(C)O)n2c3ccccc3c3ccccc32)cc1. The highest BCUT2D eigenvalue weighted by Gasteiger charge is 2.22. The quantitative estimate of drug-likeness (QED) is 0.546. The van der Waals surface area contributed by atoms with E-state index in [9.17, 15) is 5.11 Å². The summed E-state index contributed by atoms with van der Waals surface area (Å²) in [5.41, 5.74) is 4.46. The summed E-state index contributed by atoms with van der Waals surface area (Å²) in [5, 5.41) is 16.4. The van der Waals surface area contributed by atoms with Gasteiger partial charge in [0.25, 0.3) is 0 Å². The van der Waals surface area contributed by atoms with Crippen LogP contribution in [0.2, 0.25) is 0 Å². The predicted octanol–water partition coefficient (Wildman–Crippen LogP) is 5.09. The number of aliphatic hydroxyl groups is 1. The third kappa shape index (κ3) is 2.77. The van der Waals surface area contributed by atoms with E-state index >= 15 is 0 Å². The summed E-state index contributed by atoms with van der Waals surface area (Å²) >= 11 is 0. The number of nitrogens with zero attached hydrogens (tertiary/aromatic N) is 1. The Morgan fingerprint density at radius 1 is 0.800 bits per heavy atom. The van der Waals surface area contributed by atoms with Gasteiger partial charge in [0.2, 0.25) is 0 Å². The average Bonchev–Trinajstić information content (AvgIpc) is 2.95. The van der Waals surface area contributed by atoms with Crippen molar-refractivity contribution in [2.24, 2.45) is 0 Å². The second-order valence-corrected chi connectivity index (χ2v) is 6.60. The van der Waals surface area contributed by atoms with Crippen LogP contribution in [0.25, 0.3) is 21.8 Å². The van der Waals surface area contributed by atoms with Crippen LogP contribution in [-0.4, -0.2) is 15.8 Å². The molecule has 0 spiro atoms. The number of nitrogens with one attached hydrogen (secondary N) is 1. The number of aryl methyl sites for hydroxylation is 1. The molecule has 0 saturated heterocycles. The number of benzene rings is 3. The molecule has 1 aromatic heterocycles. The number of aromatic nitrogens is 1. The Morgan fingerprint density at radius 2 is 1.32 bits per heavy atom. The van der Waals surface area contributed by atoms with Gasteiger partial charge in [-0.25, -0.2) is 0 Å². The minimum absolute atomic E-state index is 0.257. The van der Waals surface area contributed by atoms with Crippen LogP contribution in [0, 0.1) is 6.92 Å². The van der Waals surface area contributed by atoms with E-state index in [-0.39, 0.29) is 6.17 Å². The van der Waals surface area contributed by atoms with Crippen molar-refractivity contribution in [3.05, 3.63) is 78.4 Å². The van der Waals surface area contributed by atoms with Crippen molar-refractivity contribution in [2.45, 2.75) is 26.1 Å². The third-order valence-corrected chi connectivity index (χ3v) is 4.72. The van der Waals surface area contributed by atoms with Crippen molar-refractivity contribution in [3.8, 4) is 0 Å². The fourth-order valence-corrected chi connectivity index (χ4v) is 3.47. The molecule has 2 N–H and O–H groups in total. The monoisotopic (exact) mass is 330 g/mol. The van der Waals surface area contributed by atoms with Crippen LogP contribution in [-0.2, 0) is 0 Å². The minimum atomic E-state index is -0.555. The zero-order valence-corrected chi connectivity index (χ0v) is 14.5. The zero-order valence-electron chi connectivity index (χ0n) is 14.5. The summed E-state index contributed by atoms with van der Waals surface area (Å²) in [6.45, 7) is 3.90. The van der Waals surface area contributed by atoms with E-state index in [0.29, 0.717) is 0 Å². The van der Waals surface area contributed by atoms with Crippen LogP contribution in [0.4, 0.5) is 5.69 Å². The average molecular weight is 330 g/mol. The number of rotatable bonds is 4. The Hall–Kier alpha value is -2.78. The molecule has 0 aliphatic rings. The van der Waals surface area contributed by atoms with Crippen LogP contribution in [0.15, 0.2) is 72.8 Å². The van der Waals surface area contributed by atoms with Gasteiger partial charge in [-0.1, -0.05) is 54.1 Å². The summed E-state index contributed by atoms with van der Waals surface area (Å²) in [4.78, 5) is 0. The van der Waals surface area contributed by atoms with Gasteiger partial charge in [0, 0.05) is 16.5 Å². The molecule has 2 unspecified atom stereocenters. The van der Waals surface area contributed by atoms with Crippen molar-refractivity contribution >= 4 is 27.5 Å². The van der Waals surface area contributed by atoms with Gasteiger partial charge in [-0.3, -0.25) is 0 Å². The summed E-state index contributed by atoms with van der Waals surface area (Å²) in [5.74, 6) is 0. The minimum Gasteiger partial charge on any atom is -0.389 e. The lowest BCUT2D eigenvalue weighted by Gasteiger charge is -2.26. The predicted molar refractivity (Wildman–Crippen MR) is 105 cm³/mol. The van der Waals surface area contributed by atoms with Crippen LogP contribution in [0.1, 0.15) is 18.7 Å². The van der Waals surface area contributed by atoms with Crippen LogP contribution >= 0.6 is 0 Å².